The van der Waals surface area contributed by atoms with E-state index in [1.54, 1.807) is 0 Å². The van der Waals surface area contributed by atoms with Gasteiger partial charge in [-0.1, -0.05) is 18.2 Å². The SMILES string of the molecule is CC(C)(C)NNC(=O)Nc1ccccc1. The third-order valence-corrected chi connectivity index (χ3v) is 1.58. The van der Waals surface area contributed by atoms with Gasteiger partial charge in [0.1, 0.15) is 0 Å². The molecule has 0 aromatic heterocycles. The Morgan fingerprint density at radius 3 is 2.27 bits per heavy atom. The van der Waals surface area contributed by atoms with Crippen molar-refractivity contribution in [3.8, 4) is 0 Å². The van der Waals surface area contributed by atoms with E-state index in [-0.39, 0.29) is 11.6 Å². The molecule has 1 aromatic rings. The first-order valence-electron chi connectivity index (χ1n) is 4.86. The summed E-state index contributed by atoms with van der Waals surface area (Å²) in [5.41, 5.74) is 6.08. The van der Waals surface area contributed by atoms with E-state index < -0.39 is 0 Å². The van der Waals surface area contributed by atoms with Crippen molar-refractivity contribution in [2.45, 2.75) is 26.3 Å². The van der Waals surface area contributed by atoms with Crippen LogP contribution >= 0.6 is 0 Å². The van der Waals surface area contributed by atoms with Crippen molar-refractivity contribution in [2.75, 3.05) is 5.32 Å². The average Bonchev–Trinajstić information content (AvgIpc) is 2.15. The summed E-state index contributed by atoms with van der Waals surface area (Å²) in [5.74, 6) is 0. The molecule has 82 valence electrons. The first kappa shape index (κ1) is 11.5. The Kier molecular flexibility index (Phi) is 3.68. The zero-order valence-corrected chi connectivity index (χ0v) is 9.29. The zero-order chi connectivity index (χ0) is 11.3. The summed E-state index contributed by atoms with van der Waals surface area (Å²) in [4.78, 5) is 11.4. The van der Waals surface area contributed by atoms with Gasteiger partial charge in [-0.2, -0.15) is 0 Å². The van der Waals surface area contributed by atoms with Crippen LogP contribution in [-0.4, -0.2) is 11.6 Å². The fourth-order valence-corrected chi connectivity index (χ4v) is 0.928. The van der Waals surface area contributed by atoms with Gasteiger partial charge in [-0.25, -0.2) is 10.2 Å². The number of benzene rings is 1. The molecular weight excluding hydrogens is 190 g/mol. The Bertz CT molecular complexity index is 316. The van der Waals surface area contributed by atoms with E-state index in [4.69, 9.17) is 0 Å². The van der Waals surface area contributed by atoms with Crippen LogP contribution in [0.3, 0.4) is 0 Å². The molecule has 1 rings (SSSR count). The lowest BCUT2D eigenvalue weighted by Crippen LogP contribution is -2.50. The quantitative estimate of drug-likeness (QED) is 0.650. The van der Waals surface area contributed by atoms with Gasteiger partial charge in [0.25, 0.3) is 0 Å². The van der Waals surface area contributed by atoms with Gasteiger partial charge in [0.05, 0.1) is 0 Å². The Morgan fingerprint density at radius 1 is 1.13 bits per heavy atom. The Hall–Kier alpha value is -1.55. The monoisotopic (exact) mass is 207 g/mol. The highest BCUT2D eigenvalue weighted by Gasteiger charge is 2.10. The lowest BCUT2D eigenvalue weighted by molar-refractivity contribution is 0.241. The summed E-state index contributed by atoms with van der Waals surface area (Å²) in [5, 5.41) is 2.70. The molecule has 0 heterocycles. The number of amides is 2. The van der Waals surface area contributed by atoms with Gasteiger partial charge in [-0.3, -0.25) is 5.43 Å². The third-order valence-electron chi connectivity index (χ3n) is 1.58. The van der Waals surface area contributed by atoms with Crippen molar-refractivity contribution < 1.29 is 4.79 Å². The van der Waals surface area contributed by atoms with E-state index >= 15 is 0 Å². The molecule has 0 aliphatic carbocycles. The molecule has 0 aliphatic rings. The Balaban J connectivity index is 2.38. The van der Waals surface area contributed by atoms with E-state index in [0.717, 1.165) is 5.69 Å². The second-order valence-corrected chi connectivity index (χ2v) is 4.32. The summed E-state index contributed by atoms with van der Waals surface area (Å²) >= 11 is 0. The minimum Gasteiger partial charge on any atom is -0.307 e. The largest absolute Gasteiger partial charge is 0.333 e. The van der Waals surface area contributed by atoms with E-state index in [1.807, 2.05) is 51.1 Å². The van der Waals surface area contributed by atoms with E-state index in [9.17, 15) is 4.79 Å². The number of carbonyl (C=O) groups excluding carboxylic acids is 1. The molecule has 0 radical (unpaired) electrons. The number of hydrazine groups is 1. The van der Waals surface area contributed by atoms with Crippen LogP contribution in [-0.2, 0) is 0 Å². The molecule has 0 saturated heterocycles. The van der Waals surface area contributed by atoms with Crippen LogP contribution in [0.2, 0.25) is 0 Å². The molecule has 1 aromatic carbocycles. The normalized spacial score (nSPS) is 10.9. The lowest BCUT2D eigenvalue weighted by Gasteiger charge is -2.21. The first-order chi connectivity index (χ1) is 6.97. The molecule has 0 atom stereocenters. The smallest absolute Gasteiger partial charge is 0.307 e. The second kappa shape index (κ2) is 4.79. The summed E-state index contributed by atoms with van der Waals surface area (Å²) in [6.45, 7) is 5.90. The third kappa shape index (κ3) is 5.02. The summed E-state index contributed by atoms with van der Waals surface area (Å²) in [7, 11) is 0. The van der Waals surface area contributed by atoms with Crippen molar-refractivity contribution in [2.24, 2.45) is 0 Å². The van der Waals surface area contributed by atoms with Crippen LogP contribution in [0.5, 0.6) is 0 Å². The topological polar surface area (TPSA) is 53.2 Å². The highest BCUT2D eigenvalue weighted by Crippen LogP contribution is 2.04. The van der Waals surface area contributed by atoms with Crippen LogP contribution in [0.15, 0.2) is 30.3 Å². The highest BCUT2D eigenvalue weighted by molar-refractivity contribution is 5.88. The number of nitrogens with one attached hydrogen (secondary N) is 3. The molecule has 3 N–H and O–H groups in total. The average molecular weight is 207 g/mol. The molecule has 0 fully saturated rings. The molecule has 4 nitrogen and oxygen atoms in total. The Labute approximate surface area is 90.0 Å². The van der Waals surface area contributed by atoms with Crippen LogP contribution in [0.1, 0.15) is 20.8 Å². The van der Waals surface area contributed by atoms with E-state index in [0.29, 0.717) is 0 Å². The van der Waals surface area contributed by atoms with Crippen molar-refractivity contribution in [3.05, 3.63) is 30.3 Å². The van der Waals surface area contributed by atoms with Gasteiger partial charge in [-0.05, 0) is 32.9 Å². The molecule has 15 heavy (non-hydrogen) atoms. The fraction of sp³-hybridized carbons (Fsp3) is 0.364. The second-order valence-electron chi connectivity index (χ2n) is 4.32. The van der Waals surface area contributed by atoms with Crippen LogP contribution in [0.4, 0.5) is 10.5 Å². The van der Waals surface area contributed by atoms with Crippen molar-refractivity contribution in [3.63, 3.8) is 0 Å². The molecule has 0 spiro atoms. The number of rotatable bonds is 2. The molecule has 0 saturated carbocycles. The predicted octanol–water partition coefficient (Wildman–Crippen LogP) is 2.11. The number of anilines is 1. The summed E-state index contributed by atoms with van der Waals surface area (Å²) in [6, 6.07) is 9.03. The van der Waals surface area contributed by atoms with Gasteiger partial charge in [0, 0.05) is 11.2 Å². The first-order valence-corrected chi connectivity index (χ1v) is 4.86. The maximum atomic E-state index is 11.4. The zero-order valence-electron chi connectivity index (χ0n) is 9.29. The van der Waals surface area contributed by atoms with Crippen LogP contribution in [0, 0.1) is 0 Å². The maximum Gasteiger partial charge on any atom is 0.333 e. The van der Waals surface area contributed by atoms with Gasteiger partial charge in [0.2, 0.25) is 0 Å². The minimum atomic E-state index is -0.267. The van der Waals surface area contributed by atoms with Crippen molar-refractivity contribution in [1.29, 1.82) is 0 Å². The molecule has 0 aliphatic heterocycles. The van der Waals surface area contributed by atoms with Crippen LogP contribution < -0.4 is 16.2 Å². The highest BCUT2D eigenvalue weighted by atomic mass is 16.2. The molecule has 4 heteroatoms. The number of hydrogen-bond donors (Lipinski definition) is 3. The van der Waals surface area contributed by atoms with Gasteiger partial charge in [-0.15, -0.1) is 0 Å². The van der Waals surface area contributed by atoms with E-state index in [2.05, 4.69) is 16.2 Å². The molecular formula is C11H17N3O. The number of para-hydroxylation sites is 1. The predicted molar refractivity (Wildman–Crippen MR) is 61.5 cm³/mol. The minimum absolute atomic E-state index is 0.145. The molecule has 0 bridgehead atoms. The summed E-state index contributed by atoms with van der Waals surface area (Å²) < 4.78 is 0. The van der Waals surface area contributed by atoms with Crippen molar-refractivity contribution >= 4 is 11.7 Å². The fourth-order valence-electron chi connectivity index (χ4n) is 0.928. The maximum absolute atomic E-state index is 11.4. The van der Waals surface area contributed by atoms with Gasteiger partial charge < -0.3 is 5.32 Å². The number of carbonyl (C=O) groups is 1. The molecule has 2 amide bonds. The van der Waals surface area contributed by atoms with Gasteiger partial charge >= 0.3 is 6.03 Å². The number of hydrogen-bond acceptors (Lipinski definition) is 2. The lowest BCUT2D eigenvalue weighted by atomic mass is 10.1. The van der Waals surface area contributed by atoms with Gasteiger partial charge in [0.15, 0.2) is 0 Å². The summed E-state index contributed by atoms with van der Waals surface area (Å²) in [6.07, 6.45) is 0. The standard InChI is InChI=1S/C11H17N3O/c1-11(2,3)14-13-10(15)12-9-7-5-4-6-8-9/h4-8,14H,1-3H3,(H2,12,13,15). The van der Waals surface area contributed by atoms with Crippen LogP contribution in [0.25, 0.3) is 0 Å². The Morgan fingerprint density at radius 2 is 1.73 bits per heavy atom. The number of urea groups is 1. The molecule has 0 unspecified atom stereocenters. The van der Waals surface area contributed by atoms with Crippen molar-refractivity contribution in [1.82, 2.24) is 10.9 Å². The van der Waals surface area contributed by atoms with E-state index in [1.165, 1.54) is 0 Å².